The van der Waals surface area contributed by atoms with Crippen molar-refractivity contribution in [2.45, 2.75) is 0 Å². The van der Waals surface area contributed by atoms with Gasteiger partial charge in [0, 0.05) is 11.1 Å². The van der Waals surface area contributed by atoms with Gasteiger partial charge in [-0.05, 0) is 35.9 Å². The molecular formula is C18H19ClN4O5. The number of nitrogens with zero attached hydrogens (tertiary/aromatic N) is 1. The third-order valence-electron chi connectivity index (χ3n) is 3.37. The maximum Gasteiger partial charge on any atom is 0.332 e. The van der Waals surface area contributed by atoms with Crippen molar-refractivity contribution < 1.29 is 23.8 Å². The second kappa shape index (κ2) is 10.0. The largest absolute Gasteiger partial charge is 0.495 e. The first-order valence-corrected chi connectivity index (χ1v) is 8.33. The number of nitrogens with one attached hydrogen (secondary N) is 2. The van der Waals surface area contributed by atoms with Gasteiger partial charge in [0.15, 0.2) is 18.1 Å². The summed E-state index contributed by atoms with van der Waals surface area (Å²) in [7, 11) is 2.94. The molecule has 0 aliphatic rings. The molecule has 0 radical (unpaired) electrons. The minimum absolute atomic E-state index is 0.251. The Hall–Kier alpha value is -3.46. The molecule has 0 aromatic heterocycles. The molecule has 3 amide bonds. The van der Waals surface area contributed by atoms with Crippen molar-refractivity contribution in [2.75, 3.05) is 26.1 Å². The average Bonchev–Trinajstić information content (AvgIpc) is 2.67. The minimum atomic E-state index is -0.772. The lowest BCUT2D eigenvalue weighted by Gasteiger charge is -2.13. The summed E-state index contributed by atoms with van der Waals surface area (Å²) in [6.07, 6.45) is 1.39. The van der Waals surface area contributed by atoms with Crippen LogP contribution in [0.15, 0.2) is 41.5 Å². The molecule has 2 rings (SSSR count). The van der Waals surface area contributed by atoms with Crippen LogP contribution in [0.2, 0.25) is 5.02 Å². The maximum atomic E-state index is 12.2. The third kappa shape index (κ3) is 6.06. The van der Waals surface area contributed by atoms with E-state index in [-0.39, 0.29) is 12.5 Å². The second-order valence-corrected chi connectivity index (χ2v) is 5.76. The molecule has 0 saturated heterocycles. The van der Waals surface area contributed by atoms with Crippen LogP contribution < -0.4 is 30.7 Å². The van der Waals surface area contributed by atoms with Crippen LogP contribution in [0.25, 0.3) is 0 Å². The summed E-state index contributed by atoms with van der Waals surface area (Å²) >= 11 is 5.90. The van der Waals surface area contributed by atoms with Crippen molar-refractivity contribution in [1.82, 2.24) is 5.43 Å². The number of ether oxygens (including phenoxy) is 3. The van der Waals surface area contributed by atoms with Crippen molar-refractivity contribution in [3.05, 3.63) is 47.0 Å². The number of amides is 3. The number of primary amides is 1. The number of benzene rings is 2. The fourth-order valence-electron chi connectivity index (χ4n) is 2.15. The van der Waals surface area contributed by atoms with Gasteiger partial charge < -0.3 is 25.3 Å². The van der Waals surface area contributed by atoms with Crippen LogP contribution in [0, 0.1) is 0 Å². The molecule has 9 nitrogen and oxygen atoms in total. The highest BCUT2D eigenvalue weighted by Crippen LogP contribution is 2.29. The van der Waals surface area contributed by atoms with Gasteiger partial charge in [-0.3, -0.25) is 4.79 Å². The monoisotopic (exact) mass is 406 g/mol. The van der Waals surface area contributed by atoms with E-state index < -0.39 is 6.03 Å². The fourth-order valence-corrected chi connectivity index (χ4v) is 2.31. The van der Waals surface area contributed by atoms with Crippen LogP contribution in [0.4, 0.5) is 10.5 Å². The van der Waals surface area contributed by atoms with Gasteiger partial charge in [0.05, 0.1) is 26.1 Å². The number of halogens is 1. The van der Waals surface area contributed by atoms with E-state index in [2.05, 4.69) is 15.8 Å². The first-order chi connectivity index (χ1) is 13.4. The Morgan fingerprint density at radius 2 is 1.86 bits per heavy atom. The van der Waals surface area contributed by atoms with Crippen molar-refractivity contribution >= 4 is 35.4 Å². The van der Waals surface area contributed by atoms with Gasteiger partial charge in [0.2, 0.25) is 0 Å². The van der Waals surface area contributed by atoms with E-state index in [1.54, 1.807) is 36.4 Å². The highest BCUT2D eigenvalue weighted by atomic mass is 35.5. The maximum absolute atomic E-state index is 12.2. The molecule has 0 spiro atoms. The molecule has 0 saturated carbocycles. The van der Waals surface area contributed by atoms with E-state index in [0.717, 1.165) is 0 Å². The zero-order valence-electron chi connectivity index (χ0n) is 15.2. The van der Waals surface area contributed by atoms with Gasteiger partial charge in [-0.1, -0.05) is 11.6 Å². The topological polar surface area (TPSA) is 124 Å². The number of methoxy groups -OCH3 is 2. The van der Waals surface area contributed by atoms with Crippen molar-refractivity contribution in [3.63, 3.8) is 0 Å². The van der Waals surface area contributed by atoms with Crippen molar-refractivity contribution in [2.24, 2.45) is 10.8 Å². The van der Waals surface area contributed by atoms with Crippen LogP contribution in [-0.2, 0) is 4.79 Å². The Morgan fingerprint density at radius 3 is 2.54 bits per heavy atom. The smallest absolute Gasteiger partial charge is 0.332 e. The number of urea groups is 1. The number of carbonyl (C=O) groups is 2. The molecule has 10 heteroatoms. The quantitative estimate of drug-likeness (QED) is 0.458. The molecule has 0 fully saturated rings. The summed E-state index contributed by atoms with van der Waals surface area (Å²) < 4.78 is 15.9. The fraction of sp³-hybridized carbons (Fsp3) is 0.167. The average molecular weight is 407 g/mol. The van der Waals surface area contributed by atoms with Crippen LogP contribution in [-0.4, -0.2) is 39.0 Å². The molecule has 0 heterocycles. The van der Waals surface area contributed by atoms with E-state index in [1.807, 2.05) is 0 Å². The number of hydrogen-bond donors (Lipinski definition) is 3. The van der Waals surface area contributed by atoms with Crippen molar-refractivity contribution in [3.8, 4) is 17.2 Å². The first kappa shape index (κ1) is 20.8. The predicted octanol–water partition coefficient (Wildman–Crippen LogP) is 2.38. The van der Waals surface area contributed by atoms with E-state index >= 15 is 0 Å². The lowest BCUT2D eigenvalue weighted by Crippen LogP contribution is -2.24. The summed E-state index contributed by atoms with van der Waals surface area (Å²) in [4.78, 5) is 22.8. The Kier molecular flexibility index (Phi) is 7.46. The molecular weight excluding hydrogens is 388 g/mol. The Morgan fingerprint density at radius 1 is 1.11 bits per heavy atom. The lowest BCUT2D eigenvalue weighted by atomic mass is 10.2. The summed E-state index contributed by atoms with van der Waals surface area (Å²) in [5, 5.41) is 6.83. The zero-order valence-corrected chi connectivity index (χ0v) is 15.9. The number of rotatable bonds is 8. The number of hydrazone groups is 1. The molecule has 0 bridgehead atoms. The van der Waals surface area contributed by atoms with E-state index in [9.17, 15) is 9.59 Å². The summed E-state index contributed by atoms with van der Waals surface area (Å²) in [5.74, 6) is 0.797. The zero-order chi connectivity index (χ0) is 20.5. The van der Waals surface area contributed by atoms with E-state index in [0.29, 0.717) is 33.5 Å². The highest BCUT2D eigenvalue weighted by Gasteiger charge is 2.11. The number of anilines is 1. The lowest BCUT2D eigenvalue weighted by molar-refractivity contribution is -0.118. The molecule has 0 unspecified atom stereocenters. The van der Waals surface area contributed by atoms with Crippen LogP contribution in [0.1, 0.15) is 5.56 Å². The summed E-state index contributed by atoms with van der Waals surface area (Å²) in [6, 6.07) is 9.00. The molecule has 2 aromatic rings. The van der Waals surface area contributed by atoms with Crippen LogP contribution in [0.3, 0.4) is 0 Å². The SMILES string of the molecule is COc1cc(Cl)ccc1NC(=O)COc1ccc(/C=N/NC(N)=O)cc1OC. The van der Waals surface area contributed by atoms with Gasteiger partial charge in [-0.15, -0.1) is 0 Å². The molecule has 0 aliphatic heterocycles. The standard InChI is InChI=1S/C18H19ClN4O5/c1-26-15-8-12(19)4-5-13(15)22-17(24)10-28-14-6-3-11(7-16(14)27-2)9-21-23-18(20)25/h3-9H,10H2,1-2H3,(H,22,24)(H3,20,23,25)/b21-9+. The van der Waals surface area contributed by atoms with E-state index in [4.69, 9.17) is 31.5 Å². The molecule has 4 N–H and O–H groups in total. The molecule has 0 aliphatic carbocycles. The molecule has 2 aromatic carbocycles. The number of nitrogens with two attached hydrogens (primary N) is 1. The van der Waals surface area contributed by atoms with Gasteiger partial charge in [-0.2, -0.15) is 5.10 Å². The summed E-state index contributed by atoms with van der Waals surface area (Å²) in [6.45, 7) is -0.251. The van der Waals surface area contributed by atoms with Gasteiger partial charge in [0.1, 0.15) is 5.75 Å². The normalized spacial score (nSPS) is 10.4. The Balaban J connectivity index is 2.00. The van der Waals surface area contributed by atoms with Gasteiger partial charge in [-0.25, -0.2) is 10.2 Å². The molecule has 148 valence electrons. The summed E-state index contributed by atoms with van der Waals surface area (Å²) in [5.41, 5.74) is 8.12. The first-order valence-electron chi connectivity index (χ1n) is 7.95. The number of carbonyl (C=O) groups excluding carboxylic acids is 2. The molecule has 28 heavy (non-hydrogen) atoms. The second-order valence-electron chi connectivity index (χ2n) is 5.33. The van der Waals surface area contributed by atoms with Crippen LogP contribution >= 0.6 is 11.6 Å². The molecule has 0 atom stereocenters. The number of hydrogen-bond acceptors (Lipinski definition) is 6. The van der Waals surface area contributed by atoms with Gasteiger partial charge >= 0.3 is 6.03 Å². The highest BCUT2D eigenvalue weighted by molar-refractivity contribution is 6.30. The van der Waals surface area contributed by atoms with Gasteiger partial charge in [0.25, 0.3) is 5.91 Å². The Bertz CT molecular complexity index is 888. The third-order valence-corrected chi connectivity index (χ3v) is 3.61. The van der Waals surface area contributed by atoms with E-state index in [1.165, 1.54) is 20.4 Å². The van der Waals surface area contributed by atoms with Crippen LogP contribution in [0.5, 0.6) is 17.2 Å². The minimum Gasteiger partial charge on any atom is -0.495 e. The predicted molar refractivity (Wildman–Crippen MR) is 105 cm³/mol. The Labute approximate surface area is 166 Å². The van der Waals surface area contributed by atoms with Crippen molar-refractivity contribution in [1.29, 1.82) is 0 Å².